The fourth-order valence-corrected chi connectivity index (χ4v) is 6.83. The van der Waals surface area contributed by atoms with Crippen LogP contribution >= 0.6 is 0 Å². The standard InChI is InChI=1S/C59H96O6/c1-4-7-10-13-16-19-22-25-28-29-32-34-37-40-43-46-49-52-58(61)64-55-56(65-59(62)53-50-47-44-41-38-35-31-27-24-21-18-15-12-9-6-3)54-63-57(60)51-48-45-42-39-36-33-30-26-23-20-17-14-11-8-5-2/h7,9-10,12,16,18-19,21,25-28,30-32,34,38,41,56H,4-6,8,11,13-15,17,20,22-24,29,33,35-37,39-40,42-55H2,1-3H3/b10-7-,12-9-,19-16-,21-18-,28-25-,30-26-,31-27-,34-32-,41-38-. The van der Waals surface area contributed by atoms with Gasteiger partial charge in [0.1, 0.15) is 13.2 Å². The molecule has 6 heteroatoms. The zero-order valence-corrected chi connectivity index (χ0v) is 42.0. The maximum Gasteiger partial charge on any atom is 0.306 e. The molecule has 0 aliphatic heterocycles. The van der Waals surface area contributed by atoms with Crippen LogP contribution in [0.4, 0.5) is 0 Å². The molecule has 0 aliphatic carbocycles. The Kier molecular flexibility index (Phi) is 49.5. The average Bonchev–Trinajstić information content (AvgIpc) is 3.30. The number of esters is 3. The molecule has 0 amide bonds. The molecule has 0 radical (unpaired) electrons. The van der Waals surface area contributed by atoms with Crippen molar-refractivity contribution in [1.82, 2.24) is 0 Å². The predicted molar refractivity (Wildman–Crippen MR) is 279 cm³/mol. The molecule has 0 aromatic rings. The summed E-state index contributed by atoms with van der Waals surface area (Å²) in [5, 5.41) is 0. The number of rotatable bonds is 46. The maximum absolute atomic E-state index is 12.8. The fourth-order valence-electron chi connectivity index (χ4n) is 6.83. The van der Waals surface area contributed by atoms with Gasteiger partial charge >= 0.3 is 17.9 Å². The SMILES string of the molecule is CC/C=C\C/C=C\C/C=C\C/C=C\CCCCCCC(=O)OCC(COC(=O)CCCCCCC/C=C\CCCCCCCC)OC(=O)CCCC/C=C\C/C=C\C/C=C\C/C=C\CC. The van der Waals surface area contributed by atoms with Crippen molar-refractivity contribution in [3.8, 4) is 0 Å². The summed E-state index contributed by atoms with van der Waals surface area (Å²) < 4.78 is 16.8. The molecule has 0 N–H and O–H groups in total. The van der Waals surface area contributed by atoms with Gasteiger partial charge in [0.25, 0.3) is 0 Å². The van der Waals surface area contributed by atoms with Gasteiger partial charge in [0.15, 0.2) is 6.10 Å². The van der Waals surface area contributed by atoms with E-state index < -0.39 is 6.10 Å². The highest BCUT2D eigenvalue weighted by Gasteiger charge is 2.19. The minimum atomic E-state index is -0.815. The molecule has 0 aromatic carbocycles. The van der Waals surface area contributed by atoms with E-state index in [1.165, 1.54) is 51.4 Å². The molecule has 0 saturated heterocycles. The zero-order chi connectivity index (χ0) is 47.2. The van der Waals surface area contributed by atoms with Gasteiger partial charge in [-0.1, -0.05) is 194 Å². The van der Waals surface area contributed by atoms with E-state index in [0.717, 1.165) is 128 Å². The van der Waals surface area contributed by atoms with Gasteiger partial charge in [0.2, 0.25) is 0 Å². The lowest BCUT2D eigenvalue weighted by Crippen LogP contribution is -2.30. The average molecular weight is 901 g/mol. The van der Waals surface area contributed by atoms with Crippen LogP contribution in [0.1, 0.15) is 226 Å². The van der Waals surface area contributed by atoms with Crippen LogP contribution in [0.3, 0.4) is 0 Å². The highest BCUT2D eigenvalue weighted by atomic mass is 16.6. The summed E-state index contributed by atoms with van der Waals surface area (Å²) in [7, 11) is 0. The van der Waals surface area contributed by atoms with Crippen molar-refractivity contribution in [3.05, 3.63) is 109 Å². The van der Waals surface area contributed by atoms with Crippen LogP contribution in [-0.2, 0) is 28.6 Å². The Bertz CT molecular complexity index is 1360. The molecular formula is C59H96O6. The topological polar surface area (TPSA) is 78.9 Å². The number of carbonyl (C=O) groups is 3. The first-order chi connectivity index (χ1) is 32.0. The van der Waals surface area contributed by atoms with Crippen molar-refractivity contribution in [2.24, 2.45) is 0 Å². The minimum Gasteiger partial charge on any atom is -0.462 e. The molecule has 0 spiro atoms. The van der Waals surface area contributed by atoms with Crippen LogP contribution in [-0.4, -0.2) is 37.2 Å². The van der Waals surface area contributed by atoms with Crippen molar-refractivity contribution >= 4 is 17.9 Å². The van der Waals surface area contributed by atoms with Crippen LogP contribution in [0, 0.1) is 0 Å². The molecule has 65 heavy (non-hydrogen) atoms. The number of ether oxygens (including phenoxy) is 3. The molecule has 0 heterocycles. The quantitative estimate of drug-likeness (QED) is 0.0262. The number of allylic oxidation sites excluding steroid dienone is 18. The summed E-state index contributed by atoms with van der Waals surface area (Å²) in [6.07, 6.45) is 70.7. The number of hydrogen-bond donors (Lipinski definition) is 0. The monoisotopic (exact) mass is 901 g/mol. The largest absolute Gasteiger partial charge is 0.462 e. The molecule has 368 valence electrons. The maximum atomic E-state index is 12.8. The molecular weight excluding hydrogens is 805 g/mol. The van der Waals surface area contributed by atoms with Gasteiger partial charge in [-0.05, 0) is 122 Å². The number of carbonyl (C=O) groups excluding carboxylic acids is 3. The molecule has 1 unspecified atom stereocenters. The van der Waals surface area contributed by atoms with Crippen LogP contribution in [0.5, 0.6) is 0 Å². The Morgan fingerprint density at radius 3 is 0.985 bits per heavy atom. The highest BCUT2D eigenvalue weighted by molar-refractivity contribution is 5.71. The van der Waals surface area contributed by atoms with Crippen molar-refractivity contribution in [3.63, 3.8) is 0 Å². The van der Waals surface area contributed by atoms with Crippen LogP contribution in [0.2, 0.25) is 0 Å². The Morgan fingerprint density at radius 1 is 0.323 bits per heavy atom. The van der Waals surface area contributed by atoms with Gasteiger partial charge in [-0.2, -0.15) is 0 Å². The lowest BCUT2D eigenvalue weighted by molar-refractivity contribution is -0.167. The molecule has 0 fully saturated rings. The van der Waals surface area contributed by atoms with E-state index in [4.69, 9.17) is 14.2 Å². The molecule has 0 saturated carbocycles. The first-order valence-corrected chi connectivity index (χ1v) is 26.4. The summed E-state index contributed by atoms with van der Waals surface area (Å²) in [5.41, 5.74) is 0. The van der Waals surface area contributed by atoms with Crippen molar-refractivity contribution in [2.45, 2.75) is 232 Å². The number of hydrogen-bond acceptors (Lipinski definition) is 6. The van der Waals surface area contributed by atoms with Gasteiger partial charge in [-0.3, -0.25) is 14.4 Å². The van der Waals surface area contributed by atoms with Crippen molar-refractivity contribution in [1.29, 1.82) is 0 Å². The summed E-state index contributed by atoms with van der Waals surface area (Å²) in [6, 6.07) is 0. The third-order valence-corrected chi connectivity index (χ3v) is 10.7. The second-order valence-corrected chi connectivity index (χ2v) is 17.0. The first kappa shape index (κ1) is 61.1. The lowest BCUT2D eigenvalue weighted by Gasteiger charge is -2.18. The number of unbranched alkanes of at least 4 members (excludes halogenated alkanes) is 17. The van der Waals surface area contributed by atoms with E-state index in [0.29, 0.717) is 19.3 Å². The summed E-state index contributed by atoms with van der Waals surface area (Å²) in [5.74, 6) is -0.987. The normalized spacial score (nSPS) is 13.0. The van der Waals surface area contributed by atoms with Gasteiger partial charge in [-0.25, -0.2) is 0 Å². The highest BCUT2D eigenvalue weighted by Crippen LogP contribution is 2.13. The summed E-state index contributed by atoms with van der Waals surface area (Å²) >= 11 is 0. The Hall–Kier alpha value is -3.93. The van der Waals surface area contributed by atoms with E-state index >= 15 is 0 Å². The van der Waals surface area contributed by atoms with E-state index in [2.05, 4.69) is 130 Å². The van der Waals surface area contributed by atoms with Gasteiger partial charge in [0.05, 0.1) is 0 Å². The molecule has 1 atom stereocenters. The molecule has 0 bridgehead atoms. The van der Waals surface area contributed by atoms with Crippen LogP contribution in [0.15, 0.2) is 109 Å². The summed E-state index contributed by atoms with van der Waals surface area (Å²) in [4.78, 5) is 38.0. The Morgan fingerprint density at radius 2 is 0.600 bits per heavy atom. The molecule has 0 aliphatic rings. The zero-order valence-electron chi connectivity index (χ0n) is 42.0. The first-order valence-electron chi connectivity index (χ1n) is 26.4. The molecule has 0 rings (SSSR count). The smallest absolute Gasteiger partial charge is 0.306 e. The summed E-state index contributed by atoms with van der Waals surface area (Å²) in [6.45, 7) is 6.33. The predicted octanol–water partition coefficient (Wildman–Crippen LogP) is 17.5. The van der Waals surface area contributed by atoms with Gasteiger partial charge in [-0.15, -0.1) is 0 Å². The second-order valence-electron chi connectivity index (χ2n) is 17.0. The second kappa shape index (κ2) is 52.7. The van der Waals surface area contributed by atoms with E-state index in [1.807, 2.05) is 0 Å². The Labute approximate surface area is 400 Å². The van der Waals surface area contributed by atoms with Gasteiger partial charge in [0, 0.05) is 19.3 Å². The lowest BCUT2D eigenvalue weighted by atomic mass is 10.1. The molecule has 6 nitrogen and oxygen atoms in total. The van der Waals surface area contributed by atoms with Crippen molar-refractivity contribution < 1.29 is 28.6 Å². The Balaban J connectivity index is 4.52. The van der Waals surface area contributed by atoms with Crippen molar-refractivity contribution in [2.75, 3.05) is 13.2 Å². The van der Waals surface area contributed by atoms with Crippen LogP contribution in [0.25, 0.3) is 0 Å². The minimum absolute atomic E-state index is 0.109. The van der Waals surface area contributed by atoms with Crippen LogP contribution < -0.4 is 0 Å². The molecule has 0 aromatic heterocycles. The third kappa shape index (κ3) is 50.9. The fraction of sp³-hybridized carbons (Fsp3) is 0.644. The van der Waals surface area contributed by atoms with E-state index in [1.54, 1.807) is 0 Å². The van der Waals surface area contributed by atoms with E-state index in [9.17, 15) is 14.4 Å². The third-order valence-electron chi connectivity index (χ3n) is 10.7. The van der Waals surface area contributed by atoms with Gasteiger partial charge < -0.3 is 14.2 Å². The van der Waals surface area contributed by atoms with E-state index in [-0.39, 0.29) is 37.5 Å².